The van der Waals surface area contributed by atoms with E-state index >= 15 is 0 Å². The average molecular weight is 385 g/mol. The van der Waals surface area contributed by atoms with E-state index in [1.54, 1.807) is 31.2 Å². The monoisotopic (exact) mass is 385 g/mol. The standard InChI is InChI=1S/C21H23NO4S/c1-4-19(23)20-21(3,15-26-14-17-8-6-5-7-9-17)22(20)27(24,25)18-12-10-16(2)11-13-18/h1,5-13,19-20,23H,14-15H2,2-3H3/t19-,20+,21+,22?/m0/s1. The quantitative estimate of drug-likeness (QED) is 0.587. The summed E-state index contributed by atoms with van der Waals surface area (Å²) in [5, 5.41) is 10.2. The fraction of sp³-hybridized carbons (Fsp3) is 0.333. The minimum absolute atomic E-state index is 0.135. The number of benzene rings is 2. The summed E-state index contributed by atoms with van der Waals surface area (Å²) in [5.41, 5.74) is 1.06. The molecule has 1 heterocycles. The van der Waals surface area contributed by atoms with Gasteiger partial charge in [0.2, 0.25) is 10.0 Å². The molecule has 6 heteroatoms. The van der Waals surface area contributed by atoms with E-state index in [1.165, 1.54) is 4.31 Å². The van der Waals surface area contributed by atoms with Gasteiger partial charge >= 0.3 is 0 Å². The van der Waals surface area contributed by atoms with E-state index in [-0.39, 0.29) is 11.5 Å². The molecule has 1 N–H and O–H groups in total. The third-order valence-electron chi connectivity index (χ3n) is 4.88. The number of rotatable bonds is 7. The van der Waals surface area contributed by atoms with Gasteiger partial charge in [-0.15, -0.1) is 6.42 Å². The van der Waals surface area contributed by atoms with Crippen molar-refractivity contribution in [2.75, 3.05) is 6.61 Å². The topological polar surface area (TPSA) is 66.6 Å². The van der Waals surface area contributed by atoms with E-state index in [1.807, 2.05) is 37.3 Å². The van der Waals surface area contributed by atoms with Gasteiger partial charge < -0.3 is 9.84 Å². The minimum atomic E-state index is -3.79. The van der Waals surface area contributed by atoms with Gasteiger partial charge in [-0.3, -0.25) is 0 Å². The second kappa shape index (κ2) is 7.45. The van der Waals surface area contributed by atoms with Crippen LogP contribution in [-0.2, 0) is 21.4 Å². The Morgan fingerprint density at radius 1 is 1.22 bits per heavy atom. The van der Waals surface area contributed by atoms with Crippen LogP contribution in [0.25, 0.3) is 0 Å². The Morgan fingerprint density at radius 3 is 2.44 bits per heavy atom. The zero-order valence-electron chi connectivity index (χ0n) is 15.4. The third kappa shape index (κ3) is 3.78. The van der Waals surface area contributed by atoms with Crippen molar-refractivity contribution < 1.29 is 18.3 Å². The van der Waals surface area contributed by atoms with Gasteiger partial charge in [0.1, 0.15) is 6.10 Å². The first-order valence-electron chi connectivity index (χ1n) is 8.68. The lowest BCUT2D eigenvalue weighted by molar-refractivity contribution is 0.0931. The highest BCUT2D eigenvalue weighted by Gasteiger charge is 2.68. The first-order chi connectivity index (χ1) is 12.8. The van der Waals surface area contributed by atoms with Crippen molar-refractivity contribution in [3.63, 3.8) is 0 Å². The van der Waals surface area contributed by atoms with E-state index in [0.717, 1.165) is 11.1 Å². The van der Waals surface area contributed by atoms with E-state index in [9.17, 15) is 13.5 Å². The molecule has 0 bridgehead atoms. The lowest BCUT2D eigenvalue weighted by Crippen LogP contribution is -2.26. The van der Waals surface area contributed by atoms with Crippen molar-refractivity contribution in [1.29, 1.82) is 0 Å². The molecule has 5 nitrogen and oxygen atoms in total. The first-order valence-corrected chi connectivity index (χ1v) is 10.1. The van der Waals surface area contributed by atoms with Gasteiger partial charge in [-0.25, -0.2) is 8.42 Å². The molecule has 0 saturated carbocycles. The van der Waals surface area contributed by atoms with Gasteiger partial charge in [0.05, 0.1) is 29.7 Å². The van der Waals surface area contributed by atoms with Crippen molar-refractivity contribution >= 4 is 10.0 Å². The number of hydrogen-bond donors (Lipinski definition) is 1. The molecule has 0 aliphatic carbocycles. The number of aliphatic hydroxyl groups is 1. The number of terminal acetylenes is 1. The van der Waals surface area contributed by atoms with Crippen LogP contribution in [0, 0.1) is 19.3 Å². The Balaban J connectivity index is 1.80. The Morgan fingerprint density at radius 2 is 1.85 bits per heavy atom. The highest BCUT2D eigenvalue weighted by atomic mass is 32.2. The van der Waals surface area contributed by atoms with Crippen LogP contribution in [0.5, 0.6) is 0 Å². The highest BCUT2D eigenvalue weighted by molar-refractivity contribution is 7.89. The van der Waals surface area contributed by atoms with Crippen LogP contribution in [0.4, 0.5) is 0 Å². The summed E-state index contributed by atoms with van der Waals surface area (Å²) in [6.45, 7) is 4.12. The maximum atomic E-state index is 13.1. The van der Waals surface area contributed by atoms with Gasteiger partial charge in [0.15, 0.2) is 0 Å². The third-order valence-corrected chi connectivity index (χ3v) is 6.91. The van der Waals surface area contributed by atoms with Gasteiger partial charge in [-0.05, 0) is 31.5 Å². The number of nitrogens with zero attached hydrogens (tertiary/aromatic N) is 1. The molecular formula is C21H23NO4S. The lowest BCUT2D eigenvalue weighted by Gasteiger charge is -2.13. The molecule has 1 aliphatic heterocycles. The molecular weight excluding hydrogens is 362 g/mol. The highest BCUT2D eigenvalue weighted by Crippen LogP contribution is 2.48. The van der Waals surface area contributed by atoms with Gasteiger partial charge in [-0.2, -0.15) is 4.31 Å². The zero-order chi connectivity index (χ0) is 19.7. The molecule has 1 unspecified atom stereocenters. The van der Waals surface area contributed by atoms with Crippen molar-refractivity contribution in [2.24, 2.45) is 0 Å². The maximum Gasteiger partial charge on any atom is 0.244 e. The van der Waals surface area contributed by atoms with E-state index in [2.05, 4.69) is 5.92 Å². The summed E-state index contributed by atoms with van der Waals surface area (Å²) >= 11 is 0. The van der Waals surface area contributed by atoms with Crippen LogP contribution < -0.4 is 0 Å². The molecule has 0 radical (unpaired) electrons. The van der Waals surface area contributed by atoms with Crippen LogP contribution in [0.2, 0.25) is 0 Å². The molecule has 3 rings (SSSR count). The van der Waals surface area contributed by atoms with Gasteiger partial charge in [0, 0.05) is 0 Å². The number of sulfonamides is 1. The molecule has 2 aromatic carbocycles. The molecule has 2 aromatic rings. The average Bonchev–Trinajstić information content (AvgIpc) is 3.29. The molecule has 4 atom stereocenters. The zero-order valence-corrected chi connectivity index (χ0v) is 16.2. The molecule has 1 saturated heterocycles. The van der Waals surface area contributed by atoms with Gasteiger partial charge in [0.25, 0.3) is 0 Å². The first kappa shape index (κ1) is 19.6. The molecule has 0 amide bonds. The number of ether oxygens (including phenoxy) is 1. The number of hydrogen-bond acceptors (Lipinski definition) is 4. The predicted octanol–water partition coefficient (Wildman–Crippen LogP) is 2.34. The summed E-state index contributed by atoms with van der Waals surface area (Å²) in [5.74, 6) is 2.25. The van der Waals surface area contributed by atoms with Crippen molar-refractivity contribution in [1.82, 2.24) is 4.31 Å². The summed E-state index contributed by atoms with van der Waals surface area (Å²) in [6, 6.07) is 15.5. The Labute approximate surface area is 160 Å². The van der Waals surface area contributed by atoms with Crippen molar-refractivity contribution in [3.05, 3.63) is 65.7 Å². The van der Waals surface area contributed by atoms with Crippen LogP contribution in [0.1, 0.15) is 18.1 Å². The number of aryl methyl sites for hydroxylation is 1. The van der Waals surface area contributed by atoms with Crippen molar-refractivity contribution in [3.8, 4) is 12.3 Å². The molecule has 0 aromatic heterocycles. The fourth-order valence-electron chi connectivity index (χ4n) is 3.33. The van der Waals surface area contributed by atoms with Crippen LogP contribution in [0.3, 0.4) is 0 Å². The molecule has 0 spiro atoms. The molecule has 1 aliphatic rings. The largest absolute Gasteiger partial charge is 0.379 e. The number of aliphatic hydroxyl groups excluding tert-OH is 1. The summed E-state index contributed by atoms with van der Waals surface area (Å²) in [4.78, 5) is 0.175. The van der Waals surface area contributed by atoms with Crippen LogP contribution >= 0.6 is 0 Å². The molecule has 27 heavy (non-hydrogen) atoms. The SMILES string of the molecule is C#C[C@H](O)[C@H]1N(S(=O)(=O)c2ccc(C)cc2)[C@]1(C)COCc1ccccc1. The summed E-state index contributed by atoms with van der Waals surface area (Å²) in [6.07, 6.45) is 4.16. The van der Waals surface area contributed by atoms with E-state index in [0.29, 0.717) is 6.61 Å². The normalized spacial score (nSPS) is 25.6. The summed E-state index contributed by atoms with van der Waals surface area (Å²) < 4.78 is 33.2. The second-order valence-corrected chi connectivity index (χ2v) is 8.82. The Hall–Kier alpha value is -2.17. The Kier molecular flexibility index (Phi) is 5.41. The minimum Gasteiger partial charge on any atom is -0.379 e. The smallest absolute Gasteiger partial charge is 0.244 e. The lowest BCUT2D eigenvalue weighted by atomic mass is 10.1. The Bertz CT molecular complexity index is 934. The molecule has 142 valence electrons. The van der Waals surface area contributed by atoms with E-state index in [4.69, 9.17) is 11.2 Å². The van der Waals surface area contributed by atoms with E-state index < -0.39 is 27.7 Å². The summed E-state index contributed by atoms with van der Waals surface area (Å²) in [7, 11) is -3.79. The second-order valence-electron chi connectivity index (χ2n) is 7.01. The maximum absolute atomic E-state index is 13.1. The molecule has 1 fully saturated rings. The predicted molar refractivity (Wildman–Crippen MR) is 103 cm³/mol. The van der Waals surface area contributed by atoms with Crippen LogP contribution in [0.15, 0.2) is 59.5 Å². The van der Waals surface area contributed by atoms with Gasteiger partial charge in [-0.1, -0.05) is 53.9 Å². The fourth-order valence-corrected chi connectivity index (χ4v) is 5.34. The van der Waals surface area contributed by atoms with Crippen LogP contribution in [-0.4, -0.2) is 42.1 Å². The van der Waals surface area contributed by atoms with Crippen molar-refractivity contribution in [2.45, 2.75) is 43.0 Å².